The van der Waals surface area contributed by atoms with Crippen LogP contribution in [0.2, 0.25) is 5.02 Å². The Bertz CT molecular complexity index is 3040. The highest BCUT2D eigenvalue weighted by Gasteiger charge is 2.64. The summed E-state index contributed by atoms with van der Waals surface area (Å²) in [6.45, 7) is 6.15. The van der Waals surface area contributed by atoms with Gasteiger partial charge < -0.3 is 73.2 Å². The van der Waals surface area contributed by atoms with E-state index in [4.69, 9.17) is 49.5 Å². The average molecular weight is 1340 g/mol. The number of anilines is 3. The molecule has 4 bridgehead atoms. The number of carbonyl (C=O) groups excluding carboxylic acids is 9. The summed E-state index contributed by atoms with van der Waals surface area (Å²) in [4.78, 5) is 124. The molecule has 0 aromatic heterocycles. The molecule has 5 N–H and O–H groups in total. The maximum absolute atomic E-state index is 14.4. The summed E-state index contributed by atoms with van der Waals surface area (Å²) >= 11 is 9.89. The van der Waals surface area contributed by atoms with Crippen molar-refractivity contribution in [2.24, 2.45) is 5.92 Å². The van der Waals surface area contributed by atoms with Crippen molar-refractivity contribution in [1.29, 1.82) is 0 Å². The normalized spacial score (nSPS) is 23.7. The Kier molecular flexibility index (Phi) is 26.3. The molecule has 3 aliphatic heterocycles. The van der Waals surface area contributed by atoms with Crippen LogP contribution >= 0.6 is 27.5 Å². The van der Waals surface area contributed by atoms with Crippen molar-refractivity contribution in [2.75, 3.05) is 89.5 Å². The second-order valence-corrected chi connectivity index (χ2v) is 23.9. The van der Waals surface area contributed by atoms with Gasteiger partial charge in [-0.15, -0.1) is 0 Å². The third-order valence-electron chi connectivity index (χ3n) is 16.2. The van der Waals surface area contributed by atoms with E-state index in [2.05, 4.69) is 37.2 Å². The minimum absolute atomic E-state index is 0.00113. The zero-order chi connectivity index (χ0) is 66.0. The van der Waals surface area contributed by atoms with Crippen molar-refractivity contribution < 1.29 is 86.2 Å². The number of fused-ring (bicyclic) bond motifs is 5. The second kappa shape index (κ2) is 33.0. The molecule has 28 heteroatoms. The standard InChI is InChI=1S/C62H84BrClN8O18/c1-37-17-16-20-48(84-10)62(82)34-47(88-58(79)68-62)38(2)55-61(4,90-55)49(33-53(76)72(8)45-31-41(29-37)32-46(83-9)54(45)64)89-56(77)39(3)71(7)52(75)24-28-85-59(80)69(5)26-27-70(6)60(81)86-36-40-21-22-43(44(30-40)66-50(73)23-25-65-51(74)35-63)67-57(78)87-42-18-14-12-11-13-15-19-42/h14,16-18,20-22,30-32,38-39,42,47-49,55,82H,11-13,15,19,23-29,33-36H2,1-10H3,(H,65,74)(H,66,73)(H,67,78)(H,68,79)/t38-,39+,42?,47+,48-,49+,55+,61+,62+/m1/s1. The fourth-order valence-corrected chi connectivity index (χ4v) is 11.0. The number of esters is 1. The summed E-state index contributed by atoms with van der Waals surface area (Å²) in [6, 6.07) is 6.93. The number of hydrogen-bond donors (Lipinski definition) is 5. The molecule has 0 radical (unpaired) electrons. The van der Waals surface area contributed by atoms with Crippen molar-refractivity contribution in [3.8, 4) is 5.75 Å². The fourth-order valence-electron chi connectivity index (χ4n) is 10.4. The van der Waals surface area contributed by atoms with E-state index >= 15 is 0 Å². The Morgan fingerprint density at radius 2 is 1.66 bits per heavy atom. The number of halogens is 2. The van der Waals surface area contributed by atoms with Gasteiger partial charge in [-0.25, -0.2) is 24.0 Å². The van der Waals surface area contributed by atoms with E-state index in [1.54, 1.807) is 44.2 Å². The van der Waals surface area contributed by atoms with E-state index in [0.717, 1.165) is 41.7 Å². The lowest BCUT2D eigenvalue weighted by Gasteiger charge is -2.42. The van der Waals surface area contributed by atoms with Crippen molar-refractivity contribution in [1.82, 2.24) is 25.3 Å². The third kappa shape index (κ3) is 19.8. The monoisotopic (exact) mass is 1340 g/mol. The molecule has 0 saturated carbocycles. The largest absolute Gasteiger partial charge is 0.495 e. The minimum Gasteiger partial charge on any atom is -0.495 e. The molecule has 494 valence electrons. The molecule has 1 unspecified atom stereocenters. The van der Waals surface area contributed by atoms with Crippen LogP contribution in [0.1, 0.15) is 96.6 Å². The number of amides is 8. The maximum Gasteiger partial charge on any atom is 0.412 e. The Hall–Kier alpha value is -7.46. The van der Waals surface area contributed by atoms with Crippen LogP contribution in [0.3, 0.4) is 0 Å². The summed E-state index contributed by atoms with van der Waals surface area (Å²) < 4.78 is 46.0. The summed E-state index contributed by atoms with van der Waals surface area (Å²) in [5.41, 5.74) is -0.451. The van der Waals surface area contributed by atoms with Crippen LogP contribution in [0.25, 0.3) is 0 Å². The number of epoxide rings is 1. The van der Waals surface area contributed by atoms with Gasteiger partial charge in [0.15, 0.2) is 5.72 Å². The average Bonchev–Trinajstić information content (AvgIpc) is 1.57. The lowest BCUT2D eigenvalue weighted by molar-refractivity contribution is -0.162. The number of rotatable bonds is 20. The Labute approximate surface area is 537 Å². The molecule has 6 rings (SSSR count). The molecule has 0 spiro atoms. The molecular formula is C62H84BrClN8O18. The molecule has 2 saturated heterocycles. The SMILES string of the molecule is COc1cc2cc(c1Cl)N(C)C(=O)C[C@H](OC(=O)[C@H](C)N(C)C(=O)CCOC(=O)N(C)CCN(C)C(=O)OCc1ccc(NC(=O)OC3C=CCCCCC3)c(NC(=O)CCNC(=O)CBr)c1)[C@]1(C)O[C@H]1[C@H](C)[C@@H]1C[C@@](O)(NC(=O)O1)[C@H](OC)C=CC=C(C)C2. The summed E-state index contributed by atoms with van der Waals surface area (Å²) in [7, 11) is 8.64. The van der Waals surface area contributed by atoms with Gasteiger partial charge in [0.2, 0.25) is 23.6 Å². The number of aliphatic hydroxyl groups is 1. The predicted octanol–water partition coefficient (Wildman–Crippen LogP) is 7.52. The predicted molar refractivity (Wildman–Crippen MR) is 335 cm³/mol. The number of nitrogens with zero attached hydrogens (tertiary/aromatic N) is 4. The molecule has 90 heavy (non-hydrogen) atoms. The number of ether oxygens (including phenoxy) is 8. The fraction of sp³-hybridized carbons (Fsp3) is 0.565. The van der Waals surface area contributed by atoms with Gasteiger partial charge in [-0.1, -0.05) is 76.8 Å². The molecule has 26 nitrogen and oxygen atoms in total. The van der Waals surface area contributed by atoms with Gasteiger partial charge in [0.25, 0.3) is 0 Å². The van der Waals surface area contributed by atoms with Gasteiger partial charge in [-0.2, -0.15) is 0 Å². The quantitative estimate of drug-likeness (QED) is 0.0281. The number of likely N-dealkylation sites (N-methyl/N-ethyl adjacent to an activating group) is 3. The lowest BCUT2D eigenvalue weighted by atomic mass is 9.83. The molecule has 1 aliphatic carbocycles. The van der Waals surface area contributed by atoms with Gasteiger partial charge in [0.1, 0.15) is 60.0 Å². The molecule has 3 heterocycles. The summed E-state index contributed by atoms with van der Waals surface area (Å²) in [5.74, 6) is -3.09. The van der Waals surface area contributed by atoms with Gasteiger partial charge >= 0.3 is 30.3 Å². The van der Waals surface area contributed by atoms with Gasteiger partial charge in [-0.3, -0.25) is 29.8 Å². The highest BCUT2D eigenvalue weighted by Crippen LogP contribution is 2.49. The lowest BCUT2D eigenvalue weighted by Crippen LogP contribution is -2.63. The van der Waals surface area contributed by atoms with Crippen LogP contribution < -0.4 is 30.9 Å². The zero-order valence-corrected chi connectivity index (χ0v) is 54.9. The van der Waals surface area contributed by atoms with Crippen molar-refractivity contribution in [3.05, 3.63) is 82.4 Å². The van der Waals surface area contributed by atoms with E-state index in [1.807, 2.05) is 25.2 Å². The van der Waals surface area contributed by atoms with Gasteiger partial charge in [0, 0.05) is 73.7 Å². The first kappa shape index (κ1) is 71.6. The van der Waals surface area contributed by atoms with Crippen LogP contribution in [0.15, 0.2) is 66.3 Å². The first-order valence-corrected chi connectivity index (χ1v) is 31.2. The molecule has 2 aromatic rings. The van der Waals surface area contributed by atoms with Crippen LogP contribution in [0.4, 0.5) is 36.2 Å². The van der Waals surface area contributed by atoms with Crippen molar-refractivity contribution >= 4 is 98.6 Å². The second-order valence-electron chi connectivity index (χ2n) is 23.0. The number of benzene rings is 2. The van der Waals surface area contributed by atoms with Crippen LogP contribution in [-0.2, 0) is 70.2 Å². The highest BCUT2D eigenvalue weighted by molar-refractivity contribution is 9.09. The number of hydrogen-bond acceptors (Lipinski definition) is 18. The van der Waals surface area contributed by atoms with Gasteiger partial charge in [-0.05, 0) is 94.3 Å². The molecule has 4 aliphatic rings. The molecular weight excluding hydrogens is 1260 g/mol. The first-order valence-electron chi connectivity index (χ1n) is 29.7. The van der Waals surface area contributed by atoms with E-state index in [0.29, 0.717) is 29.8 Å². The maximum atomic E-state index is 14.4. The Morgan fingerprint density at radius 3 is 2.36 bits per heavy atom. The zero-order valence-electron chi connectivity index (χ0n) is 52.6. The number of carbonyl (C=O) groups is 9. The molecule has 2 aromatic carbocycles. The molecule has 9 atom stereocenters. The number of alkyl halides is 1. The number of allylic oxidation sites excluding steroid dienone is 4. The van der Waals surface area contributed by atoms with E-state index in [-0.39, 0.29) is 79.7 Å². The Morgan fingerprint density at radius 1 is 0.933 bits per heavy atom. The van der Waals surface area contributed by atoms with Gasteiger partial charge in [0.05, 0.1) is 48.4 Å². The van der Waals surface area contributed by atoms with Crippen LogP contribution in [0, 0.1) is 5.92 Å². The summed E-state index contributed by atoms with van der Waals surface area (Å²) in [6.07, 6.45) is 5.37. The van der Waals surface area contributed by atoms with E-state index < -0.39 is 108 Å². The third-order valence-corrected chi connectivity index (χ3v) is 17.1. The van der Waals surface area contributed by atoms with Crippen LogP contribution in [0.5, 0.6) is 5.75 Å². The smallest absolute Gasteiger partial charge is 0.412 e. The Balaban J connectivity index is 1.03. The number of methoxy groups -OCH3 is 2. The number of nitrogens with one attached hydrogen (secondary N) is 4. The number of alkyl carbamates (subject to hydrolysis) is 1. The summed E-state index contributed by atoms with van der Waals surface area (Å²) in [5, 5.41) is 22.7. The van der Waals surface area contributed by atoms with E-state index in [1.165, 1.54) is 76.2 Å². The molecule has 8 amide bonds. The minimum atomic E-state index is -1.91. The first-order chi connectivity index (χ1) is 42.7. The van der Waals surface area contributed by atoms with E-state index in [9.17, 15) is 48.3 Å². The highest BCUT2D eigenvalue weighted by atomic mass is 79.9. The molecule has 2 fully saturated rings. The van der Waals surface area contributed by atoms with Crippen molar-refractivity contribution in [3.63, 3.8) is 0 Å². The van der Waals surface area contributed by atoms with Crippen LogP contribution in [-0.4, -0.2) is 196 Å². The topological polar surface area (TPSA) is 312 Å². The van der Waals surface area contributed by atoms with Crippen molar-refractivity contribution in [2.45, 2.75) is 146 Å².